The van der Waals surface area contributed by atoms with Crippen LogP contribution < -0.4 is 5.32 Å². The highest BCUT2D eigenvalue weighted by atomic mass is 16.6. The summed E-state index contributed by atoms with van der Waals surface area (Å²) in [5.41, 5.74) is -1.24. The molecule has 0 saturated carbocycles. The number of amides is 1. The number of hydrogen-bond donors (Lipinski definition) is 1. The van der Waals surface area contributed by atoms with Crippen molar-refractivity contribution in [1.29, 1.82) is 0 Å². The molecule has 20 heavy (non-hydrogen) atoms. The summed E-state index contributed by atoms with van der Waals surface area (Å²) in [6, 6.07) is -0.836. The fraction of sp³-hybridized carbons (Fsp3) is 0.857. The van der Waals surface area contributed by atoms with E-state index in [2.05, 4.69) is 5.32 Å². The maximum Gasteiger partial charge on any atom is 0.408 e. The lowest BCUT2D eigenvalue weighted by Crippen LogP contribution is -2.53. The lowest BCUT2D eigenvalue weighted by molar-refractivity contribution is -0.150. The molecule has 1 atom stereocenters. The number of rotatable bonds is 6. The van der Waals surface area contributed by atoms with Gasteiger partial charge in [0.25, 0.3) is 0 Å². The molecule has 0 aromatic rings. The van der Waals surface area contributed by atoms with Crippen LogP contribution in [0.25, 0.3) is 0 Å². The summed E-state index contributed by atoms with van der Waals surface area (Å²) in [6.45, 7) is 11.2. The molecule has 0 unspecified atom stereocenters. The maximum absolute atomic E-state index is 12.0. The summed E-state index contributed by atoms with van der Waals surface area (Å²) < 4.78 is 15.3. The Morgan fingerprint density at radius 1 is 1.15 bits per heavy atom. The minimum Gasteiger partial charge on any atom is -0.464 e. The van der Waals surface area contributed by atoms with Gasteiger partial charge in [-0.1, -0.05) is 13.8 Å². The predicted molar refractivity (Wildman–Crippen MR) is 75.4 cm³/mol. The molecule has 0 heterocycles. The standard InChI is InChI=1S/C14H27NO5/c1-8-19-11(16)10(14(5,6)9-18-7)15-12(17)20-13(2,3)4/h10H,8-9H2,1-7H3,(H,15,17)/t10-/m1/s1. The Morgan fingerprint density at radius 3 is 2.10 bits per heavy atom. The molecule has 118 valence electrons. The third-order valence-electron chi connectivity index (χ3n) is 2.48. The first kappa shape index (κ1) is 18.7. The van der Waals surface area contributed by atoms with E-state index in [1.807, 2.05) is 13.8 Å². The second kappa shape index (κ2) is 7.47. The first-order chi connectivity index (χ1) is 9.03. The van der Waals surface area contributed by atoms with Gasteiger partial charge in [0, 0.05) is 12.5 Å². The molecule has 0 aromatic carbocycles. The fourth-order valence-corrected chi connectivity index (χ4v) is 1.68. The maximum atomic E-state index is 12.0. The van der Waals surface area contributed by atoms with Gasteiger partial charge in [-0.15, -0.1) is 0 Å². The highest BCUT2D eigenvalue weighted by Crippen LogP contribution is 2.23. The number of carbonyl (C=O) groups is 2. The molecular formula is C14H27NO5. The smallest absolute Gasteiger partial charge is 0.408 e. The van der Waals surface area contributed by atoms with Crippen molar-refractivity contribution >= 4 is 12.1 Å². The molecule has 0 rings (SSSR count). The molecule has 6 nitrogen and oxygen atoms in total. The molecule has 1 amide bonds. The van der Waals surface area contributed by atoms with E-state index in [9.17, 15) is 9.59 Å². The van der Waals surface area contributed by atoms with E-state index in [4.69, 9.17) is 14.2 Å². The number of methoxy groups -OCH3 is 1. The second-order valence-electron chi connectivity index (χ2n) is 6.25. The van der Waals surface area contributed by atoms with Gasteiger partial charge in [-0.2, -0.15) is 0 Å². The first-order valence-corrected chi connectivity index (χ1v) is 6.68. The van der Waals surface area contributed by atoms with Crippen molar-refractivity contribution in [3.05, 3.63) is 0 Å². The van der Waals surface area contributed by atoms with Crippen LogP contribution in [-0.2, 0) is 19.0 Å². The van der Waals surface area contributed by atoms with Crippen molar-refractivity contribution in [2.45, 2.75) is 53.2 Å². The molecule has 0 bridgehead atoms. The quantitative estimate of drug-likeness (QED) is 0.758. The normalized spacial score (nSPS) is 13.6. The van der Waals surface area contributed by atoms with Gasteiger partial charge in [-0.05, 0) is 27.7 Å². The average Bonchev–Trinajstić information content (AvgIpc) is 2.23. The fourth-order valence-electron chi connectivity index (χ4n) is 1.68. The number of nitrogens with one attached hydrogen (secondary N) is 1. The van der Waals surface area contributed by atoms with Gasteiger partial charge in [-0.3, -0.25) is 0 Å². The molecule has 6 heteroatoms. The lowest BCUT2D eigenvalue weighted by Gasteiger charge is -2.33. The van der Waals surface area contributed by atoms with Crippen molar-refractivity contribution in [3.63, 3.8) is 0 Å². The van der Waals surface area contributed by atoms with Gasteiger partial charge < -0.3 is 19.5 Å². The van der Waals surface area contributed by atoms with Crippen LogP contribution in [0.2, 0.25) is 0 Å². The first-order valence-electron chi connectivity index (χ1n) is 6.68. The third-order valence-corrected chi connectivity index (χ3v) is 2.48. The molecule has 0 aliphatic heterocycles. The number of esters is 1. The van der Waals surface area contributed by atoms with Crippen LogP contribution >= 0.6 is 0 Å². The van der Waals surface area contributed by atoms with Gasteiger partial charge >= 0.3 is 12.1 Å². The topological polar surface area (TPSA) is 73.9 Å². The molecule has 0 radical (unpaired) electrons. The molecule has 0 aliphatic carbocycles. The van der Waals surface area contributed by atoms with Crippen LogP contribution in [0.5, 0.6) is 0 Å². The van der Waals surface area contributed by atoms with E-state index in [1.54, 1.807) is 27.7 Å². The van der Waals surface area contributed by atoms with E-state index < -0.39 is 29.1 Å². The summed E-state index contributed by atoms with van der Waals surface area (Å²) in [5.74, 6) is -0.500. The Kier molecular flexibility index (Phi) is 6.99. The summed E-state index contributed by atoms with van der Waals surface area (Å²) in [5, 5.41) is 2.57. The third kappa shape index (κ3) is 6.75. The molecule has 0 saturated heterocycles. The van der Waals surface area contributed by atoms with Crippen molar-refractivity contribution in [3.8, 4) is 0 Å². The molecule has 1 N–H and O–H groups in total. The van der Waals surface area contributed by atoms with Crippen LogP contribution in [0, 0.1) is 5.41 Å². The molecule has 0 fully saturated rings. The lowest BCUT2D eigenvalue weighted by atomic mass is 9.85. The molecule has 0 aromatic heterocycles. The van der Waals surface area contributed by atoms with Crippen molar-refractivity contribution < 1.29 is 23.8 Å². The highest BCUT2D eigenvalue weighted by molar-refractivity contribution is 5.82. The van der Waals surface area contributed by atoms with Crippen LogP contribution in [0.3, 0.4) is 0 Å². The van der Waals surface area contributed by atoms with Crippen molar-refractivity contribution in [2.24, 2.45) is 5.41 Å². The monoisotopic (exact) mass is 289 g/mol. The Labute approximate surface area is 121 Å². The molecule has 0 aliphatic rings. The summed E-state index contributed by atoms with van der Waals surface area (Å²) in [6.07, 6.45) is -0.653. The van der Waals surface area contributed by atoms with Crippen molar-refractivity contribution in [2.75, 3.05) is 20.3 Å². The van der Waals surface area contributed by atoms with Gasteiger partial charge in [0.2, 0.25) is 0 Å². The van der Waals surface area contributed by atoms with Gasteiger partial charge in [0.05, 0.1) is 13.2 Å². The molecular weight excluding hydrogens is 262 g/mol. The number of alkyl carbamates (subject to hydrolysis) is 1. The zero-order chi connectivity index (χ0) is 16.0. The minimum absolute atomic E-state index is 0.244. The Morgan fingerprint density at radius 2 is 1.70 bits per heavy atom. The summed E-state index contributed by atoms with van der Waals surface area (Å²) in [4.78, 5) is 23.9. The zero-order valence-electron chi connectivity index (χ0n) is 13.5. The Balaban J connectivity index is 4.95. The van der Waals surface area contributed by atoms with Crippen LogP contribution in [-0.4, -0.2) is 44.0 Å². The van der Waals surface area contributed by atoms with E-state index in [-0.39, 0.29) is 6.61 Å². The Bertz CT molecular complexity index is 333. The van der Waals surface area contributed by atoms with E-state index in [0.717, 1.165) is 0 Å². The minimum atomic E-state index is -0.836. The van der Waals surface area contributed by atoms with Crippen LogP contribution in [0.15, 0.2) is 0 Å². The average molecular weight is 289 g/mol. The second-order valence-corrected chi connectivity index (χ2v) is 6.25. The van der Waals surface area contributed by atoms with Gasteiger partial charge in [0.15, 0.2) is 0 Å². The van der Waals surface area contributed by atoms with E-state index in [1.165, 1.54) is 7.11 Å². The summed E-state index contributed by atoms with van der Waals surface area (Å²) >= 11 is 0. The van der Waals surface area contributed by atoms with E-state index >= 15 is 0 Å². The number of carbonyl (C=O) groups excluding carboxylic acids is 2. The van der Waals surface area contributed by atoms with E-state index in [0.29, 0.717) is 6.61 Å². The largest absolute Gasteiger partial charge is 0.464 e. The van der Waals surface area contributed by atoms with Crippen LogP contribution in [0.4, 0.5) is 4.79 Å². The van der Waals surface area contributed by atoms with Crippen LogP contribution in [0.1, 0.15) is 41.5 Å². The summed E-state index contributed by atoms with van der Waals surface area (Å²) in [7, 11) is 1.54. The van der Waals surface area contributed by atoms with Gasteiger partial charge in [0.1, 0.15) is 11.6 Å². The number of ether oxygens (including phenoxy) is 3. The SMILES string of the molecule is CCOC(=O)[C@@H](NC(=O)OC(C)(C)C)C(C)(C)COC. The molecule has 0 spiro atoms. The van der Waals surface area contributed by atoms with Crippen molar-refractivity contribution in [1.82, 2.24) is 5.32 Å². The highest BCUT2D eigenvalue weighted by Gasteiger charge is 2.38. The Hall–Kier alpha value is -1.30. The predicted octanol–water partition coefficient (Wildman–Crippen LogP) is 2.12. The number of hydrogen-bond acceptors (Lipinski definition) is 5. The zero-order valence-corrected chi connectivity index (χ0v) is 13.5. The van der Waals surface area contributed by atoms with Gasteiger partial charge in [-0.25, -0.2) is 9.59 Å².